The van der Waals surface area contributed by atoms with Crippen LogP contribution in [-0.2, 0) is 14.8 Å². The monoisotopic (exact) mass is 525 g/mol. The molecule has 2 aromatic carbocycles. The minimum Gasteiger partial charge on any atom is -0.347 e. The van der Waals surface area contributed by atoms with Crippen molar-refractivity contribution in [2.24, 2.45) is 17.8 Å². The molecule has 0 spiro atoms. The smallest absolute Gasteiger partial charge is 0.251 e. The third kappa shape index (κ3) is 4.68. The fourth-order valence-electron chi connectivity index (χ4n) is 7.54. The van der Waals surface area contributed by atoms with Crippen molar-refractivity contribution < 1.29 is 22.4 Å². The molecule has 7 nitrogen and oxygen atoms in total. The summed E-state index contributed by atoms with van der Waals surface area (Å²) in [6, 6.07) is 10.5. The highest BCUT2D eigenvalue weighted by molar-refractivity contribution is 7.89. The third-order valence-corrected chi connectivity index (χ3v) is 10.7. The van der Waals surface area contributed by atoms with Gasteiger partial charge < -0.3 is 10.6 Å². The Balaban J connectivity index is 1.10. The first kappa shape index (κ1) is 24.6. The van der Waals surface area contributed by atoms with Gasteiger partial charge in [0.2, 0.25) is 15.9 Å². The van der Waals surface area contributed by atoms with Gasteiger partial charge in [-0.2, -0.15) is 4.31 Å². The zero-order valence-electron chi connectivity index (χ0n) is 20.7. The van der Waals surface area contributed by atoms with Crippen molar-refractivity contribution >= 4 is 27.5 Å². The Kier molecular flexibility index (Phi) is 6.11. The lowest BCUT2D eigenvalue weighted by Gasteiger charge is -2.56. The van der Waals surface area contributed by atoms with Gasteiger partial charge in [0.05, 0.1) is 4.90 Å². The Morgan fingerprint density at radius 1 is 0.892 bits per heavy atom. The highest BCUT2D eigenvalue weighted by atomic mass is 32.2. The molecule has 2 aromatic rings. The van der Waals surface area contributed by atoms with Crippen LogP contribution in [0.2, 0.25) is 0 Å². The van der Waals surface area contributed by atoms with E-state index in [4.69, 9.17) is 0 Å². The van der Waals surface area contributed by atoms with Crippen molar-refractivity contribution in [2.75, 3.05) is 11.9 Å². The fraction of sp³-hybridized carbons (Fsp3) is 0.500. The Hall–Kier alpha value is -2.78. The van der Waals surface area contributed by atoms with E-state index in [1.165, 1.54) is 35.7 Å². The summed E-state index contributed by atoms with van der Waals surface area (Å²) in [7, 11) is -3.93. The second kappa shape index (κ2) is 9.20. The van der Waals surface area contributed by atoms with Gasteiger partial charge in [0.1, 0.15) is 11.9 Å². The van der Waals surface area contributed by atoms with Crippen molar-refractivity contribution in [3.63, 3.8) is 0 Å². The number of carbonyl (C=O) groups is 2. The molecule has 37 heavy (non-hydrogen) atoms. The number of amides is 2. The Morgan fingerprint density at radius 3 is 2.08 bits per heavy atom. The van der Waals surface area contributed by atoms with E-state index in [1.54, 1.807) is 24.3 Å². The molecule has 2 amide bonds. The number of benzene rings is 2. The van der Waals surface area contributed by atoms with Crippen molar-refractivity contribution in [3.8, 4) is 0 Å². The van der Waals surface area contributed by atoms with E-state index in [1.807, 2.05) is 0 Å². The number of halogens is 1. The highest BCUT2D eigenvalue weighted by Crippen LogP contribution is 2.55. The summed E-state index contributed by atoms with van der Waals surface area (Å²) in [5.41, 5.74) is 0.984. The van der Waals surface area contributed by atoms with Crippen LogP contribution in [0.5, 0.6) is 0 Å². The summed E-state index contributed by atoms with van der Waals surface area (Å²) in [6.07, 6.45) is 8.14. The number of sulfonamides is 1. The van der Waals surface area contributed by atoms with E-state index in [2.05, 4.69) is 10.6 Å². The number of hydrogen-bond acceptors (Lipinski definition) is 4. The molecule has 1 aliphatic heterocycles. The van der Waals surface area contributed by atoms with Crippen LogP contribution in [0.3, 0.4) is 0 Å². The van der Waals surface area contributed by atoms with Crippen LogP contribution in [0, 0.1) is 23.6 Å². The molecule has 7 rings (SSSR count). The molecule has 0 aromatic heterocycles. The molecule has 2 N–H and O–H groups in total. The zero-order valence-corrected chi connectivity index (χ0v) is 21.5. The van der Waals surface area contributed by atoms with Crippen LogP contribution in [0.15, 0.2) is 53.4 Å². The molecule has 4 bridgehead atoms. The summed E-state index contributed by atoms with van der Waals surface area (Å²) >= 11 is 0. The summed E-state index contributed by atoms with van der Waals surface area (Å²) in [5.74, 6) is 1.20. The number of carbonyl (C=O) groups excluding carboxylic acids is 2. The van der Waals surface area contributed by atoms with E-state index in [0.717, 1.165) is 49.1 Å². The molecular formula is C28H32FN3O4S. The summed E-state index contributed by atoms with van der Waals surface area (Å²) in [4.78, 5) is 26.1. The zero-order chi connectivity index (χ0) is 25.8. The van der Waals surface area contributed by atoms with Gasteiger partial charge in [0.25, 0.3) is 5.91 Å². The van der Waals surface area contributed by atoms with Gasteiger partial charge >= 0.3 is 0 Å². The molecule has 5 aliphatic rings. The first-order valence-corrected chi connectivity index (χ1v) is 14.7. The molecule has 1 heterocycles. The van der Waals surface area contributed by atoms with Crippen LogP contribution in [0.4, 0.5) is 10.1 Å². The van der Waals surface area contributed by atoms with E-state index in [0.29, 0.717) is 24.1 Å². The van der Waals surface area contributed by atoms with Crippen molar-refractivity contribution in [1.82, 2.24) is 9.62 Å². The van der Waals surface area contributed by atoms with Crippen LogP contribution < -0.4 is 10.6 Å². The fourth-order valence-corrected chi connectivity index (χ4v) is 9.20. The van der Waals surface area contributed by atoms with Gasteiger partial charge in [-0.3, -0.25) is 9.59 Å². The van der Waals surface area contributed by atoms with Gasteiger partial charge in [-0.15, -0.1) is 0 Å². The number of hydrogen-bond donors (Lipinski definition) is 2. The number of nitrogens with zero attached hydrogens (tertiary/aromatic N) is 1. The summed E-state index contributed by atoms with van der Waals surface area (Å²) in [6.45, 7) is 0.223. The van der Waals surface area contributed by atoms with Gasteiger partial charge in [0.15, 0.2) is 0 Å². The van der Waals surface area contributed by atoms with Crippen LogP contribution >= 0.6 is 0 Å². The largest absolute Gasteiger partial charge is 0.347 e. The quantitative estimate of drug-likeness (QED) is 0.587. The minimum absolute atomic E-state index is 0.0389. The van der Waals surface area contributed by atoms with Crippen LogP contribution in [0.1, 0.15) is 61.7 Å². The maximum absolute atomic E-state index is 13.3. The SMILES string of the molecule is O=C(NC12CC3CC(CC(C3)C1)C2)c1ccc(NC(=O)[C@@H]2CCCN2S(=O)(=O)c2ccc(F)cc2)cc1. The van der Waals surface area contributed by atoms with Crippen molar-refractivity contribution in [1.29, 1.82) is 0 Å². The Bertz CT molecular complexity index is 1270. The minimum atomic E-state index is -3.93. The molecule has 4 saturated carbocycles. The van der Waals surface area contributed by atoms with E-state index in [-0.39, 0.29) is 22.9 Å². The second-order valence-corrected chi connectivity index (χ2v) is 13.3. The molecule has 1 saturated heterocycles. The normalized spacial score (nSPS) is 30.8. The van der Waals surface area contributed by atoms with Crippen molar-refractivity contribution in [3.05, 3.63) is 59.9 Å². The maximum atomic E-state index is 13.3. The summed E-state index contributed by atoms with van der Waals surface area (Å²) < 4.78 is 40.6. The van der Waals surface area contributed by atoms with Gasteiger partial charge in [-0.05, 0) is 118 Å². The molecule has 0 unspecified atom stereocenters. The molecule has 9 heteroatoms. The molecular weight excluding hydrogens is 493 g/mol. The summed E-state index contributed by atoms with van der Waals surface area (Å²) in [5, 5.41) is 6.17. The Morgan fingerprint density at radius 2 is 1.49 bits per heavy atom. The van der Waals surface area contributed by atoms with Crippen molar-refractivity contribution in [2.45, 2.75) is 67.8 Å². The average Bonchev–Trinajstić information content (AvgIpc) is 3.35. The number of rotatable bonds is 6. The van der Waals surface area contributed by atoms with Crippen LogP contribution in [-0.4, -0.2) is 42.7 Å². The first-order valence-electron chi connectivity index (χ1n) is 13.2. The third-order valence-electron chi connectivity index (χ3n) is 8.76. The topological polar surface area (TPSA) is 95.6 Å². The lowest BCUT2D eigenvalue weighted by Crippen LogP contribution is -2.59. The van der Waals surface area contributed by atoms with Crippen LogP contribution in [0.25, 0.3) is 0 Å². The highest BCUT2D eigenvalue weighted by Gasteiger charge is 2.51. The predicted molar refractivity (Wildman–Crippen MR) is 137 cm³/mol. The van der Waals surface area contributed by atoms with E-state index in [9.17, 15) is 22.4 Å². The molecule has 0 radical (unpaired) electrons. The number of anilines is 1. The average molecular weight is 526 g/mol. The molecule has 4 aliphatic carbocycles. The second-order valence-electron chi connectivity index (χ2n) is 11.4. The van der Waals surface area contributed by atoms with E-state index >= 15 is 0 Å². The maximum Gasteiger partial charge on any atom is 0.251 e. The lowest BCUT2D eigenvalue weighted by molar-refractivity contribution is -0.119. The predicted octanol–water partition coefficient (Wildman–Crippen LogP) is 4.32. The standard InChI is InChI=1S/C28H32FN3O4S/c29-22-5-9-24(10-6-22)37(35,36)32-11-1-2-25(32)27(34)30-23-7-3-21(4-8-23)26(33)31-28-15-18-12-19(16-28)14-20(13-18)17-28/h3-10,18-20,25H,1-2,11-17H2,(H,30,34)(H,31,33)/t18?,19?,20?,25-,28?/m0/s1. The van der Waals surface area contributed by atoms with Gasteiger partial charge in [-0.25, -0.2) is 12.8 Å². The van der Waals surface area contributed by atoms with Gasteiger partial charge in [0, 0.05) is 23.3 Å². The number of nitrogens with one attached hydrogen (secondary N) is 2. The molecule has 1 atom stereocenters. The Labute approximate surface area is 216 Å². The molecule has 5 fully saturated rings. The molecule has 196 valence electrons. The van der Waals surface area contributed by atoms with Gasteiger partial charge in [-0.1, -0.05) is 0 Å². The first-order chi connectivity index (χ1) is 17.7. The lowest BCUT2D eigenvalue weighted by atomic mass is 9.53. The van der Waals surface area contributed by atoms with E-state index < -0.39 is 27.8 Å².